The normalized spacial score (nSPS) is 10.4. The van der Waals surface area contributed by atoms with Gasteiger partial charge in [-0.3, -0.25) is 4.79 Å². The zero-order valence-corrected chi connectivity index (χ0v) is 13.2. The zero-order chi connectivity index (χ0) is 15.4. The summed E-state index contributed by atoms with van der Waals surface area (Å²) in [5.41, 5.74) is 7.34. The number of hydrogen-bond acceptors (Lipinski definition) is 2. The first-order valence-electron chi connectivity index (χ1n) is 6.60. The maximum absolute atomic E-state index is 14.0. The van der Waals surface area contributed by atoms with Crippen molar-refractivity contribution in [1.82, 2.24) is 4.90 Å². The molecule has 3 nitrogen and oxygen atoms in total. The standard InChI is InChI=1S/C16H16BrFN2O/c1-2-20(10-11-6-8-12(19)9-7-11)16(21)13-4-3-5-14(17)15(13)18/h3-9H,2,10,19H2,1H3. The summed E-state index contributed by atoms with van der Waals surface area (Å²) in [7, 11) is 0. The molecule has 2 aromatic rings. The van der Waals surface area contributed by atoms with E-state index in [1.54, 1.807) is 29.2 Å². The molecule has 0 atom stereocenters. The van der Waals surface area contributed by atoms with E-state index in [0.717, 1.165) is 5.56 Å². The SMILES string of the molecule is CCN(Cc1ccc(N)cc1)C(=O)c1cccc(Br)c1F. The van der Waals surface area contributed by atoms with Gasteiger partial charge in [0.2, 0.25) is 0 Å². The molecule has 0 unspecified atom stereocenters. The van der Waals surface area contributed by atoms with Crippen LogP contribution >= 0.6 is 15.9 Å². The number of benzene rings is 2. The minimum absolute atomic E-state index is 0.0710. The lowest BCUT2D eigenvalue weighted by atomic mass is 10.1. The van der Waals surface area contributed by atoms with Crippen molar-refractivity contribution in [2.24, 2.45) is 0 Å². The molecule has 2 N–H and O–H groups in total. The highest BCUT2D eigenvalue weighted by atomic mass is 79.9. The lowest BCUT2D eigenvalue weighted by Gasteiger charge is -2.21. The molecule has 5 heteroatoms. The van der Waals surface area contributed by atoms with Gasteiger partial charge < -0.3 is 10.6 Å². The van der Waals surface area contributed by atoms with Crippen LogP contribution in [0, 0.1) is 5.82 Å². The number of rotatable bonds is 4. The highest BCUT2D eigenvalue weighted by Crippen LogP contribution is 2.20. The Labute approximate surface area is 131 Å². The molecule has 0 aliphatic rings. The molecule has 0 aliphatic heterocycles. The van der Waals surface area contributed by atoms with Crippen LogP contribution in [0.2, 0.25) is 0 Å². The third-order valence-corrected chi connectivity index (χ3v) is 3.82. The van der Waals surface area contributed by atoms with Crippen LogP contribution in [0.3, 0.4) is 0 Å². The average molecular weight is 351 g/mol. The van der Waals surface area contributed by atoms with Gasteiger partial charge in [-0.15, -0.1) is 0 Å². The molecule has 1 amide bonds. The Bertz CT molecular complexity index is 643. The quantitative estimate of drug-likeness (QED) is 0.851. The number of nitrogens with two attached hydrogens (primary N) is 1. The number of hydrogen-bond donors (Lipinski definition) is 1. The molecule has 110 valence electrons. The number of amides is 1. The number of nitrogens with zero attached hydrogens (tertiary/aromatic N) is 1. The predicted molar refractivity (Wildman–Crippen MR) is 85.4 cm³/mol. The van der Waals surface area contributed by atoms with Crippen molar-refractivity contribution in [1.29, 1.82) is 0 Å². The second-order valence-electron chi connectivity index (χ2n) is 4.66. The van der Waals surface area contributed by atoms with Crippen LogP contribution in [-0.2, 0) is 6.54 Å². The molecule has 2 aromatic carbocycles. The van der Waals surface area contributed by atoms with Crippen molar-refractivity contribution in [2.45, 2.75) is 13.5 Å². The summed E-state index contributed by atoms with van der Waals surface area (Å²) in [5, 5.41) is 0. The maximum Gasteiger partial charge on any atom is 0.257 e. The van der Waals surface area contributed by atoms with Gasteiger partial charge in [-0.1, -0.05) is 18.2 Å². The summed E-state index contributed by atoms with van der Waals surface area (Å²) in [4.78, 5) is 14.1. The van der Waals surface area contributed by atoms with Gasteiger partial charge in [0.1, 0.15) is 5.82 Å². The Hall–Kier alpha value is -1.88. The molecule has 21 heavy (non-hydrogen) atoms. The van der Waals surface area contributed by atoms with Crippen molar-refractivity contribution in [3.8, 4) is 0 Å². The number of carbonyl (C=O) groups is 1. The Balaban J connectivity index is 2.22. The fraction of sp³-hybridized carbons (Fsp3) is 0.188. The molecule has 0 spiro atoms. The third-order valence-electron chi connectivity index (χ3n) is 3.20. The topological polar surface area (TPSA) is 46.3 Å². The number of anilines is 1. The molecule has 0 heterocycles. The smallest absolute Gasteiger partial charge is 0.257 e. The van der Waals surface area contributed by atoms with E-state index in [1.165, 1.54) is 6.07 Å². The monoisotopic (exact) mass is 350 g/mol. The van der Waals surface area contributed by atoms with Gasteiger partial charge in [0.25, 0.3) is 5.91 Å². The van der Waals surface area contributed by atoms with Crippen LogP contribution in [0.15, 0.2) is 46.9 Å². The highest BCUT2D eigenvalue weighted by Gasteiger charge is 2.19. The van der Waals surface area contributed by atoms with Gasteiger partial charge in [-0.2, -0.15) is 0 Å². The first kappa shape index (κ1) is 15.5. The van der Waals surface area contributed by atoms with Crippen molar-refractivity contribution in [3.63, 3.8) is 0 Å². The summed E-state index contributed by atoms with van der Waals surface area (Å²) in [5.74, 6) is -0.855. The van der Waals surface area contributed by atoms with E-state index in [0.29, 0.717) is 18.8 Å². The minimum Gasteiger partial charge on any atom is -0.399 e. The number of carbonyl (C=O) groups excluding carboxylic acids is 1. The molecular formula is C16H16BrFN2O. The van der Waals surface area contributed by atoms with Crippen LogP contribution in [0.1, 0.15) is 22.8 Å². The minimum atomic E-state index is -0.529. The van der Waals surface area contributed by atoms with Gasteiger partial charge in [0, 0.05) is 18.8 Å². The highest BCUT2D eigenvalue weighted by molar-refractivity contribution is 9.10. The van der Waals surface area contributed by atoms with Gasteiger partial charge in [0.05, 0.1) is 10.0 Å². The molecule has 0 saturated heterocycles. The van der Waals surface area contributed by atoms with Gasteiger partial charge >= 0.3 is 0 Å². The van der Waals surface area contributed by atoms with E-state index in [-0.39, 0.29) is 15.9 Å². The molecule has 0 aliphatic carbocycles. The Morgan fingerprint density at radius 1 is 1.24 bits per heavy atom. The molecule has 0 bridgehead atoms. The van der Waals surface area contributed by atoms with E-state index in [9.17, 15) is 9.18 Å². The largest absolute Gasteiger partial charge is 0.399 e. The fourth-order valence-corrected chi connectivity index (χ4v) is 2.38. The fourth-order valence-electron chi connectivity index (χ4n) is 2.01. The molecule has 0 saturated carbocycles. The Kier molecular flexibility index (Phi) is 4.96. The van der Waals surface area contributed by atoms with Crippen molar-refractivity contribution < 1.29 is 9.18 Å². The lowest BCUT2D eigenvalue weighted by molar-refractivity contribution is 0.0747. The summed E-state index contributed by atoms with van der Waals surface area (Å²) >= 11 is 3.10. The van der Waals surface area contributed by atoms with Gasteiger partial charge in [-0.25, -0.2) is 4.39 Å². The summed E-state index contributed by atoms with van der Waals surface area (Å²) in [6.07, 6.45) is 0. The lowest BCUT2D eigenvalue weighted by Crippen LogP contribution is -2.31. The second kappa shape index (κ2) is 6.72. The van der Waals surface area contributed by atoms with Gasteiger partial charge in [-0.05, 0) is 52.7 Å². The first-order chi connectivity index (χ1) is 10.0. The molecular weight excluding hydrogens is 335 g/mol. The van der Waals surface area contributed by atoms with Gasteiger partial charge in [0.15, 0.2) is 0 Å². The van der Waals surface area contributed by atoms with Crippen LogP contribution < -0.4 is 5.73 Å². The third kappa shape index (κ3) is 3.61. The second-order valence-corrected chi connectivity index (χ2v) is 5.52. The Morgan fingerprint density at radius 3 is 2.52 bits per heavy atom. The summed E-state index contributed by atoms with van der Waals surface area (Å²) in [6.45, 7) is 2.78. The van der Waals surface area contributed by atoms with Crippen LogP contribution in [-0.4, -0.2) is 17.4 Å². The number of nitrogen functional groups attached to an aromatic ring is 1. The molecule has 0 radical (unpaired) electrons. The van der Waals surface area contributed by atoms with Crippen molar-refractivity contribution in [3.05, 3.63) is 63.9 Å². The van der Waals surface area contributed by atoms with E-state index in [2.05, 4.69) is 15.9 Å². The summed E-state index contributed by atoms with van der Waals surface area (Å²) in [6, 6.07) is 12.0. The van der Waals surface area contributed by atoms with E-state index < -0.39 is 5.82 Å². The Morgan fingerprint density at radius 2 is 1.90 bits per heavy atom. The maximum atomic E-state index is 14.0. The van der Waals surface area contributed by atoms with Crippen LogP contribution in [0.5, 0.6) is 0 Å². The number of halogens is 2. The van der Waals surface area contributed by atoms with E-state index in [1.807, 2.05) is 19.1 Å². The van der Waals surface area contributed by atoms with Crippen LogP contribution in [0.4, 0.5) is 10.1 Å². The first-order valence-corrected chi connectivity index (χ1v) is 7.40. The average Bonchev–Trinajstić information content (AvgIpc) is 2.49. The molecule has 0 fully saturated rings. The predicted octanol–water partition coefficient (Wildman–Crippen LogP) is 3.83. The van der Waals surface area contributed by atoms with E-state index in [4.69, 9.17) is 5.73 Å². The zero-order valence-electron chi connectivity index (χ0n) is 11.6. The van der Waals surface area contributed by atoms with Crippen molar-refractivity contribution in [2.75, 3.05) is 12.3 Å². The molecule has 2 rings (SSSR count). The van der Waals surface area contributed by atoms with E-state index >= 15 is 0 Å². The molecule has 0 aromatic heterocycles. The van der Waals surface area contributed by atoms with Crippen molar-refractivity contribution >= 4 is 27.5 Å². The summed E-state index contributed by atoms with van der Waals surface area (Å²) < 4.78 is 14.3. The van der Waals surface area contributed by atoms with Crippen LogP contribution in [0.25, 0.3) is 0 Å².